The van der Waals surface area contributed by atoms with E-state index in [1.54, 1.807) is 12.1 Å². The van der Waals surface area contributed by atoms with Gasteiger partial charge >= 0.3 is 0 Å². The van der Waals surface area contributed by atoms with Gasteiger partial charge in [-0.3, -0.25) is 5.41 Å². The zero-order valence-corrected chi connectivity index (χ0v) is 11.2. The van der Waals surface area contributed by atoms with Crippen LogP contribution in [0.25, 0.3) is 0 Å². The zero-order valence-electron chi connectivity index (χ0n) is 10.4. The van der Waals surface area contributed by atoms with Crippen molar-refractivity contribution in [2.24, 2.45) is 5.73 Å². The van der Waals surface area contributed by atoms with Crippen LogP contribution in [0, 0.1) is 5.41 Å². The van der Waals surface area contributed by atoms with Crippen LogP contribution in [0.5, 0.6) is 5.75 Å². The first kappa shape index (κ1) is 13.9. The van der Waals surface area contributed by atoms with Crippen molar-refractivity contribution in [3.05, 3.63) is 29.8 Å². The molecule has 0 radical (unpaired) electrons. The maximum Gasteiger partial charge on any atom is 0.122 e. The maximum absolute atomic E-state index is 7.28. The summed E-state index contributed by atoms with van der Waals surface area (Å²) in [6.45, 7) is 5.14. The fourth-order valence-corrected chi connectivity index (χ4v) is 2.08. The van der Waals surface area contributed by atoms with Crippen molar-refractivity contribution in [2.45, 2.75) is 25.5 Å². The summed E-state index contributed by atoms with van der Waals surface area (Å²) in [5, 5.41) is 7.97. The first-order valence-corrected chi connectivity index (χ1v) is 6.87. The lowest BCUT2D eigenvalue weighted by Gasteiger charge is -2.09. The van der Waals surface area contributed by atoms with Gasteiger partial charge in [-0.1, -0.05) is 13.8 Å². The number of hydrogen-bond donors (Lipinski definition) is 2. The van der Waals surface area contributed by atoms with Gasteiger partial charge in [-0.05, 0) is 30.7 Å². The molecule has 17 heavy (non-hydrogen) atoms. The molecule has 0 saturated carbocycles. The Hall–Kier alpha value is -1.16. The number of nitrogens with one attached hydrogen (secondary N) is 1. The van der Waals surface area contributed by atoms with Gasteiger partial charge in [-0.25, -0.2) is 0 Å². The molecule has 0 aliphatic carbocycles. The van der Waals surface area contributed by atoms with Gasteiger partial charge in [0, 0.05) is 16.6 Å². The molecule has 0 bridgehead atoms. The number of hydrogen-bond acceptors (Lipinski definition) is 3. The Bertz CT molecular complexity index is 351. The highest BCUT2D eigenvalue weighted by Crippen LogP contribution is 2.15. The van der Waals surface area contributed by atoms with E-state index < -0.39 is 0 Å². The van der Waals surface area contributed by atoms with E-state index >= 15 is 0 Å². The highest BCUT2D eigenvalue weighted by Gasteiger charge is 2.00. The lowest BCUT2D eigenvalue weighted by atomic mass is 10.2. The second kappa shape index (κ2) is 7.22. The van der Waals surface area contributed by atoms with Gasteiger partial charge in [0.1, 0.15) is 11.6 Å². The summed E-state index contributed by atoms with van der Waals surface area (Å²) >= 11 is 1.92. The predicted octanol–water partition coefficient (Wildman–Crippen LogP) is 2.88. The number of rotatable bonds is 7. The normalized spacial score (nSPS) is 12.1. The van der Waals surface area contributed by atoms with E-state index in [4.69, 9.17) is 15.9 Å². The van der Waals surface area contributed by atoms with Gasteiger partial charge in [-0.2, -0.15) is 11.8 Å². The fourth-order valence-electron chi connectivity index (χ4n) is 1.26. The minimum absolute atomic E-state index is 0.0869. The maximum atomic E-state index is 7.28. The average Bonchev–Trinajstić information content (AvgIpc) is 2.34. The van der Waals surface area contributed by atoms with Crippen LogP contribution < -0.4 is 10.5 Å². The number of ether oxygens (including phenoxy) is 1. The van der Waals surface area contributed by atoms with Crippen molar-refractivity contribution < 1.29 is 4.74 Å². The van der Waals surface area contributed by atoms with Gasteiger partial charge in [0.05, 0.1) is 6.61 Å². The molecule has 0 aliphatic heterocycles. The highest BCUT2D eigenvalue weighted by molar-refractivity contribution is 7.99. The lowest BCUT2D eigenvalue weighted by molar-refractivity contribution is 0.344. The predicted molar refractivity (Wildman–Crippen MR) is 75.2 cm³/mol. The average molecular weight is 252 g/mol. The summed E-state index contributed by atoms with van der Waals surface area (Å²) in [5.41, 5.74) is 6.10. The number of benzene rings is 1. The van der Waals surface area contributed by atoms with Gasteiger partial charge < -0.3 is 10.5 Å². The quantitative estimate of drug-likeness (QED) is 0.445. The molecule has 1 unspecified atom stereocenters. The summed E-state index contributed by atoms with van der Waals surface area (Å²) in [5.74, 6) is 1.92. The molecule has 0 saturated heterocycles. The fraction of sp³-hybridized carbons (Fsp3) is 0.462. The molecule has 4 heteroatoms. The van der Waals surface area contributed by atoms with Crippen molar-refractivity contribution in [3.8, 4) is 5.75 Å². The Morgan fingerprint density at radius 1 is 1.41 bits per heavy atom. The smallest absolute Gasteiger partial charge is 0.122 e. The second-order valence-corrected chi connectivity index (χ2v) is 5.42. The molecular formula is C13H20N2OS. The van der Waals surface area contributed by atoms with Gasteiger partial charge in [0.2, 0.25) is 0 Å². The van der Waals surface area contributed by atoms with Crippen LogP contribution in [0.1, 0.15) is 25.8 Å². The van der Waals surface area contributed by atoms with Crippen LogP contribution in [0.4, 0.5) is 0 Å². The Morgan fingerprint density at radius 2 is 2.06 bits per heavy atom. The lowest BCUT2D eigenvalue weighted by Crippen LogP contribution is -2.10. The molecule has 0 aliphatic rings. The van der Waals surface area contributed by atoms with E-state index in [0.29, 0.717) is 11.9 Å². The van der Waals surface area contributed by atoms with E-state index in [0.717, 1.165) is 17.1 Å². The largest absolute Gasteiger partial charge is 0.493 e. The Kier molecular flexibility index (Phi) is 5.91. The molecular weight excluding hydrogens is 232 g/mol. The van der Waals surface area contributed by atoms with Crippen LogP contribution >= 0.6 is 11.8 Å². The second-order valence-electron chi connectivity index (χ2n) is 3.88. The monoisotopic (exact) mass is 252 g/mol. The first-order valence-electron chi connectivity index (χ1n) is 5.82. The Labute approximate surface area is 107 Å². The molecule has 0 amide bonds. The Balaban J connectivity index is 2.30. The third-order valence-electron chi connectivity index (χ3n) is 2.49. The topological polar surface area (TPSA) is 59.1 Å². The van der Waals surface area contributed by atoms with Crippen LogP contribution in [0.3, 0.4) is 0 Å². The van der Waals surface area contributed by atoms with E-state index in [1.807, 2.05) is 23.9 Å². The van der Waals surface area contributed by atoms with E-state index in [1.165, 1.54) is 6.42 Å². The number of amidine groups is 1. The standard InChI is InChI=1S/C13H20N2OS/c1-3-10(2)17-9-8-16-12-6-4-11(5-7-12)13(14)15/h4-7,10H,3,8-9H2,1-2H3,(H3,14,15). The summed E-state index contributed by atoms with van der Waals surface area (Å²) in [4.78, 5) is 0. The van der Waals surface area contributed by atoms with Crippen molar-refractivity contribution in [1.29, 1.82) is 5.41 Å². The molecule has 0 heterocycles. The SMILES string of the molecule is CCC(C)SCCOc1ccc(C(=N)N)cc1. The van der Waals surface area contributed by atoms with Crippen LogP contribution in [0.2, 0.25) is 0 Å². The minimum atomic E-state index is 0.0869. The Morgan fingerprint density at radius 3 is 2.59 bits per heavy atom. The minimum Gasteiger partial charge on any atom is -0.493 e. The summed E-state index contributed by atoms with van der Waals surface area (Å²) < 4.78 is 5.60. The van der Waals surface area contributed by atoms with Crippen LogP contribution in [-0.2, 0) is 0 Å². The molecule has 1 atom stereocenters. The van der Waals surface area contributed by atoms with Crippen molar-refractivity contribution in [3.63, 3.8) is 0 Å². The summed E-state index contributed by atoms with van der Waals surface area (Å²) in [7, 11) is 0. The molecule has 94 valence electrons. The molecule has 0 fully saturated rings. The zero-order chi connectivity index (χ0) is 12.7. The van der Waals surface area contributed by atoms with Crippen LogP contribution in [-0.4, -0.2) is 23.4 Å². The van der Waals surface area contributed by atoms with Gasteiger partial charge in [0.15, 0.2) is 0 Å². The molecule has 1 rings (SSSR count). The molecule has 3 N–H and O–H groups in total. The van der Waals surface area contributed by atoms with E-state index in [-0.39, 0.29) is 5.84 Å². The van der Waals surface area contributed by atoms with Gasteiger partial charge in [-0.15, -0.1) is 0 Å². The number of nitrogens with two attached hydrogens (primary N) is 1. The molecule has 3 nitrogen and oxygen atoms in total. The van der Waals surface area contributed by atoms with E-state index in [2.05, 4.69) is 13.8 Å². The number of thioether (sulfide) groups is 1. The highest BCUT2D eigenvalue weighted by atomic mass is 32.2. The van der Waals surface area contributed by atoms with Crippen molar-refractivity contribution in [2.75, 3.05) is 12.4 Å². The van der Waals surface area contributed by atoms with Crippen molar-refractivity contribution in [1.82, 2.24) is 0 Å². The molecule has 1 aromatic rings. The van der Waals surface area contributed by atoms with Gasteiger partial charge in [0.25, 0.3) is 0 Å². The molecule has 0 aromatic heterocycles. The third-order valence-corrected chi connectivity index (χ3v) is 3.80. The molecule has 0 spiro atoms. The molecule has 1 aromatic carbocycles. The summed E-state index contributed by atoms with van der Waals surface area (Å²) in [6.07, 6.45) is 1.19. The van der Waals surface area contributed by atoms with Crippen LogP contribution in [0.15, 0.2) is 24.3 Å². The number of nitrogen functional groups attached to an aromatic ring is 1. The van der Waals surface area contributed by atoms with Crippen molar-refractivity contribution >= 4 is 17.6 Å². The third kappa shape index (κ3) is 5.13. The summed E-state index contributed by atoms with van der Waals surface area (Å²) in [6, 6.07) is 7.31. The van der Waals surface area contributed by atoms with E-state index in [9.17, 15) is 0 Å². The first-order chi connectivity index (χ1) is 8.13.